The number of benzene rings is 1. The maximum atomic E-state index is 11.4. The van der Waals surface area contributed by atoms with Gasteiger partial charge in [-0.25, -0.2) is 0 Å². The summed E-state index contributed by atoms with van der Waals surface area (Å²) in [5, 5.41) is 3.57. The highest BCUT2D eigenvalue weighted by atomic mass is 79.9. The van der Waals surface area contributed by atoms with Crippen LogP contribution in [-0.2, 0) is 6.42 Å². The van der Waals surface area contributed by atoms with Crippen LogP contribution >= 0.6 is 15.9 Å². The molecule has 3 rings (SSSR count). The van der Waals surface area contributed by atoms with Gasteiger partial charge in [-0.05, 0) is 55.5 Å². The zero-order chi connectivity index (χ0) is 14.1. The third-order valence-electron chi connectivity index (χ3n) is 3.84. The Kier molecular flexibility index (Phi) is 3.66. The number of nitrogens with one attached hydrogen (secondary N) is 2. The molecule has 1 heterocycles. The van der Waals surface area contributed by atoms with Gasteiger partial charge >= 0.3 is 0 Å². The smallest absolute Gasteiger partial charge is 0.248 e. The average molecular weight is 333 g/mol. The molecule has 104 valence electrons. The number of aromatic nitrogens is 1. The highest BCUT2D eigenvalue weighted by molar-refractivity contribution is 9.10. The van der Waals surface area contributed by atoms with Crippen molar-refractivity contribution in [2.45, 2.75) is 32.2 Å². The fourth-order valence-electron chi connectivity index (χ4n) is 2.73. The lowest BCUT2D eigenvalue weighted by Gasteiger charge is -2.27. The highest BCUT2D eigenvalue weighted by Gasteiger charge is 2.20. The minimum atomic E-state index is -0.0116. The average Bonchev–Trinajstić information content (AvgIpc) is 2.43. The minimum absolute atomic E-state index is 0.0116. The Morgan fingerprint density at radius 2 is 2.15 bits per heavy atom. The number of anilines is 1. The van der Waals surface area contributed by atoms with Crippen LogP contribution in [0.4, 0.5) is 5.69 Å². The molecule has 3 nitrogen and oxygen atoms in total. The van der Waals surface area contributed by atoms with Crippen molar-refractivity contribution in [1.29, 1.82) is 0 Å². The fraction of sp³-hybridized carbons (Fsp3) is 0.312. The van der Waals surface area contributed by atoms with Gasteiger partial charge in [-0.1, -0.05) is 22.0 Å². The highest BCUT2D eigenvalue weighted by Crippen LogP contribution is 2.31. The van der Waals surface area contributed by atoms with Gasteiger partial charge in [0.2, 0.25) is 5.56 Å². The first kappa shape index (κ1) is 13.4. The summed E-state index contributed by atoms with van der Waals surface area (Å²) in [7, 11) is 0. The van der Waals surface area contributed by atoms with Crippen LogP contribution in [0.1, 0.15) is 35.7 Å². The lowest BCUT2D eigenvalue weighted by atomic mass is 9.91. The van der Waals surface area contributed by atoms with Gasteiger partial charge in [0.05, 0.1) is 6.04 Å². The molecule has 0 saturated heterocycles. The van der Waals surface area contributed by atoms with Crippen molar-refractivity contribution in [3.8, 4) is 0 Å². The standard InChI is InChI=1S/C16H17BrN2O/c1-10-5-6-11(9-13(10)17)18-14-3-2-4-15-12(14)7-8-16(20)19-15/h5-9,14,18H,2-4H2,1H3,(H,19,20). The van der Waals surface area contributed by atoms with Crippen LogP contribution in [0.25, 0.3) is 0 Å². The van der Waals surface area contributed by atoms with Crippen molar-refractivity contribution in [1.82, 2.24) is 4.98 Å². The van der Waals surface area contributed by atoms with E-state index in [-0.39, 0.29) is 11.6 Å². The lowest BCUT2D eigenvalue weighted by molar-refractivity contribution is 0.587. The SMILES string of the molecule is Cc1ccc(NC2CCCc3[nH]c(=O)ccc32)cc1Br. The summed E-state index contributed by atoms with van der Waals surface area (Å²) in [4.78, 5) is 14.4. The molecule has 0 radical (unpaired) electrons. The summed E-state index contributed by atoms with van der Waals surface area (Å²) in [6.45, 7) is 2.08. The van der Waals surface area contributed by atoms with E-state index in [1.165, 1.54) is 11.1 Å². The van der Waals surface area contributed by atoms with Gasteiger partial charge in [-0.15, -0.1) is 0 Å². The van der Waals surface area contributed by atoms with Crippen molar-refractivity contribution in [3.63, 3.8) is 0 Å². The van der Waals surface area contributed by atoms with Gasteiger partial charge in [0.15, 0.2) is 0 Å². The topological polar surface area (TPSA) is 44.9 Å². The molecule has 1 atom stereocenters. The number of rotatable bonds is 2. The molecular weight excluding hydrogens is 316 g/mol. The predicted molar refractivity (Wildman–Crippen MR) is 85.2 cm³/mol. The monoisotopic (exact) mass is 332 g/mol. The first-order chi connectivity index (χ1) is 9.63. The quantitative estimate of drug-likeness (QED) is 0.874. The predicted octanol–water partition coefficient (Wildman–Crippen LogP) is 3.94. The van der Waals surface area contributed by atoms with Crippen LogP contribution in [0.15, 0.2) is 39.6 Å². The summed E-state index contributed by atoms with van der Waals surface area (Å²) in [5.41, 5.74) is 4.61. The molecule has 0 spiro atoms. The summed E-state index contributed by atoms with van der Waals surface area (Å²) < 4.78 is 1.11. The molecule has 1 aliphatic rings. The minimum Gasteiger partial charge on any atom is -0.378 e. The lowest BCUT2D eigenvalue weighted by Crippen LogP contribution is -2.21. The number of H-pyrrole nitrogens is 1. The molecule has 2 aromatic rings. The number of pyridine rings is 1. The Morgan fingerprint density at radius 1 is 1.30 bits per heavy atom. The zero-order valence-electron chi connectivity index (χ0n) is 11.4. The third kappa shape index (κ3) is 2.66. The number of halogens is 1. The van der Waals surface area contributed by atoms with E-state index in [9.17, 15) is 4.79 Å². The van der Waals surface area contributed by atoms with Gasteiger partial charge in [-0.2, -0.15) is 0 Å². The van der Waals surface area contributed by atoms with E-state index in [1.807, 2.05) is 6.07 Å². The zero-order valence-corrected chi connectivity index (χ0v) is 13.0. The summed E-state index contributed by atoms with van der Waals surface area (Å²) in [5.74, 6) is 0. The second-order valence-electron chi connectivity index (χ2n) is 5.31. The van der Waals surface area contributed by atoms with Crippen LogP contribution in [0, 0.1) is 6.92 Å². The Hall–Kier alpha value is -1.55. The Balaban J connectivity index is 1.89. The van der Waals surface area contributed by atoms with Crippen molar-refractivity contribution < 1.29 is 0 Å². The van der Waals surface area contributed by atoms with Crippen molar-refractivity contribution >= 4 is 21.6 Å². The van der Waals surface area contributed by atoms with E-state index < -0.39 is 0 Å². The Morgan fingerprint density at radius 3 is 2.95 bits per heavy atom. The second-order valence-corrected chi connectivity index (χ2v) is 6.16. The van der Waals surface area contributed by atoms with Crippen LogP contribution in [0.3, 0.4) is 0 Å². The third-order valence-corrected chi connectivity index (χ3v) is 4.70. The molecular formula is C16H17BrN2O. The first-order valence-electron chi connectivity index (χ1n) is 6.88. The molecule has 20 heavy (non-hydrogen) atoms. The summed E-state index contributed by atoms with van der Waals surface area (Å²) in [6, 6.07) is 10.1. The van der Waals surface area contributed by atoms with Crippen molar-refractivity contribution in [2.24, 2.45) is 0 Å². The fourth-order valence-corrected chi connectivity index (χ4v) is 3.11. The number of fused-ring (bicyclic) bond motifs is 1. The second kappa shape index (κ2) is 5.44. The maximum absolute atomic E-state index is 11.4. The van der Waals surface area contributed by atoms with E-state index in [0.717, 1.165) is 35.1 Å². The molecule has 1 aliphatic carbocycles. The first-order valence-corrected chi connectivity index (χ1v) is 7.67. The Bertz CT molecular complexity index is 693. The van der Waals surface area contributed by atoms with Crippen LogP contribution in [-0.4, -0.2) is 4.98 Å². The molecule has 1 aromatic carbocycles. The molecule has 2 N–H and O–H groups in total. The summed E-state index contributed by atoms with van der Waals surface area (Å²) in [6.07, 6.45) is 3.14. The van der Waals surface area contributed by atoms with Gasteiger partial charge in [0.1, 0.15) is 0 Å². The van der Waals surface area contributed by atoms with Crippen LogP contribution in [0.5, 0.6) is 0 Å². The number of hydrogen-bond donors (Lipinski definition) is 2. The van der Waals surface area contributed by atoms with Gasteiger partial charge in [-0.3, -0.25) is 4.79 Å². The van der Waals surface area contributed by atoms with E-state index in [2.05, 4.69) is 51.4 Å². The molecule has 1 aromatic heterocycles. The van der Waals surface area contributed by atoms with Gasteiger partial charge in [0, 0.05) is 21.9 Å². The van der Waals surface area contributed by atoms with E-state index in [0.29, 0.717) is 0 Å². The number of hydrogen-bond acceptors (Lipinski definition) is 2. The number of aromatic amines is 1. The van der Waals surface area contributed by atoms with E-state index in [4.69, 9.17) is 0 Å². The molecule has 0 bridgehead atoms. The maximum Gasteiger partial charge on any atom is 0.248 e. The largest absolute Gasteiger partial charge is 0.378 e. The summed E-state index contributed by atoms with van der Waals surface area (Å²) >= 11 is 3.56. The van der Waals surface area contributed by atoms with E-state index >= 15 is 0 Å². The molecule has 0 amide bonds. The molecule has 1 unspecified atom stereocenters. The van der Waals surface area contributed by atoms with Crippen molar-refractivity contribution in [2.75, 3.05) is 5.32 Å². The van der Waals surface area contributed by atoms with Gasteiger partial charge < -0.3 is 10.3 Å². The van der Waals surface area contributed by atoms with Gasteiger partial charge in [0.25, 0.3) is 0 Å². The van der Waals surface area contributed by atoms with Crippen LogP contribution in [0.2, 0.25) is 0 Å². The number of aryl methyl sites for hydroxylation is 2. The normalized spacial score (nSPS) is 17.6. The van der Waals surface area contributed by atoms with Crippen molar-refractivity contribution in [3.05, 3.63) is 62.0 Å². The Labute approximate surface area is 126 Å². The molecule has 0 fully saturated rings. The van der Waals surface area contributed by atoms with E-state index in [1.54, 1.807) is 6.07 Å². The van der Waals surface area contributed by atoms with Crippen LogP contribution < -0.4 is 10.9 Å². The molecule has 4 heteroatoms. The molecule has 0 aliphatic heterocycles. The molecule has 0 saturated carbocycles.